The minimum Gasteiger partial charge on any atom is -0.490 e. The van der Waals surface area contributed by atoms with Crippen molar-refractivity contribution in [3.63, 3.8) is 0 Å². The number of fused-ring (bicyclic) bond motifs is 1. The highest BCUT2D eigenvalue weighted by atomic mass is 16.5. The van der Waals surface area contributed by atoms with Crippen LogP contribution in [0, 0.1) is 6.92 Å². The van der Waals surface area contributed by atoms with Crippen LogP contribution in [-0.2, 0) is 0 Å². The van der Waals surface area contributed by atoms with Gasteiger partial charge >= 0.3 is 0 Å². The molecule has 26 heavy (non-hydrogen) atoms. The largest absolute Gasteiger partial charge is 0.490 e. The summed E-state index contributed by atoms with van der Waals surface area (Å²) in [6.07, 6.45) is 12.2. The second kappa shape index (κ2) is 6.27. The van der Waals surface area contributed by atoms with E-state index < -0.39 is 0 Å². The molecule has 2 fully saturated rings. The molecule has 4 heterocycles. The Hall–Kier alpha value is -2.63. The van der Waals surface area contributed by atoms with Crippen LogP contribution < -0.4 is 9.64 Å². The zero-order valence-corrected chi connectivity index (χ0v) is 15.0. The van der Waals surface area contributed by atoms with Gasteiger partial charge in [-0.3, -0.25) is 4.98 Å². The van der Waals surface area contributed by atoms with E-state index in [1.807, 2.05) is 36.1 Å². The Morgan fingerprint density at radius 1 is 1.12 bits per heavy atom. The Labute approximate surface area is 152 Å². The maximum absolute atomic E-state index is 6.20. The second-order valence-electron chi connectivity index (χ2n) is 7.37. The first kappa shape index (κ1) is 15.6. The zero-order chi connectivity index (χ0) is 17.5. The van der Waals surface area contributed by atoms with Crippen molar-refractivity contribution >= 4 is 11.3 Å². The number of nitrogens with zero attached hydrogens (tertiary/aromatic N) is 5. The predicted molar refractivity (Wildman–Crippen MR) is 99.8 cm³/mol. The molecule has 0 N–H and O–H groups in total. The fraction of sp³-hybridized carbons (Fsp3) is 0.450. The molecule has 1 saturated carbocycles. The lowest BCUT2D eigenvalue weighted by Gasteiger charge is -2.33. The van der Waals surface area contributed by atoms with Crippen molar-refractivity contribution in [1.82, 2.24) is 19.6 Å². The van der Waals surface area contributed by atoms with Crippen LogP contribution >= 0.6 is 0 Å². The van der Waals surface area contributed by atoms with E-state index in [-0.39, 0.29) is 6.10 Å². The highest BCUT2D eigenvalue weighted by Crippen LogP contribution is 2.40. The fourth-order valence-electron chi connectivity index (χ4n) is 3.71. The molecule has 1 aliphatic carbocycles. The first-order chi connectivity index (χ1) is 12.8. The molecule has 6 nitrogen and oxygen atoms in total. The molecule has 1 saturated heterocycles. The molecule has 3 aromatic heterocycles. The lowest BCUT2D eigenvalue weighted by Crippen LogP contribution is -2.39. The molecule has 3 aromatic rings. The highest BCUT2D eigenvalue weighted by molar-refractivity contribution is 5.69. The average molecular weight is 349 g/mol. The lowest BCUT2D eigenvalue weighted by molar-refractivity contribution is 0.169. The third-order valence-corrected chi connectivity index (χ3v) is 5.39. The Balaban J connectivity index is 1.31. The number of hydrogen-bond acceptors (Lipinski definition) is 5. The molecule has 1 aliphatic heterocycles. The molecule has 134 valence electrons. The van der Waals surface area contributed by atoms with E-state index in [4.69, 9.17) is 9.84 Å². The van der Waals surface area contributed by atoms with Crippen molar-refractivity contribution in [2.24, 2.45) is 0 Å². The fourth-order valence-corrected chi connectivity index (χ4v) is 3.71. The molecule has 0 unspecified atom stereocenters. The first-order valence-corrected chi connectivity index (χ1v) is 9.44. The van der Waals surface area contributed by atoms with E-state index >= 15 is 0 Å². The summed E-state index contributed by atoms with van der Waals surface area (Å²) in [5.41, 5.74) is 3.43. The van der Waals surface area contributed by atoms with Crippen molar-refractivity contribution in [3.05, 3.63) is 48.2 Å². The number of hydrogen-bond donors (Lipinski definition) is 0. The quantitative estimate of drug-likeness (QED) is 0.723. The van der Waals surface area contributed by atoms with Crippen molar-refractivity contribution in [2.45, 2.75) is 44.6 Å². The number of pyridine rings is 1. The number of ether oxygens (including phenoxy) is 1. The third-order valence-electron chi connectivity index (χ3n) is 5.39. The molecule has 0 amide bonds. The van der Waals surface area contributed by atoms with Crippen LogP contribution in [0.3, 0.4) is 0 Å². The third kappa shape index (κ3) is 2.89. The molecule has 0 spiro atoms. The number of piperidine rings is 1. The topological polar surface area (TPSA) is 55.5 Å². The van der Waals surface area contributed by atoms with Crippen LogP contribution in [0.4, 0.5) is 5.82 Å². The van der Waals surface area contributed by atoms with Gasteiger partial charge in [-0.25, -0.2) is 9.50 Å². The maximum Gasteiger partial charge on any atom is 0.154 e. The van der Waals surface area contributed by atoms with Gasteiger partial charge in [0.2, 0.25) is 0 Å². The summed E-state index contributed by atoms with van der Waals surface area (Å²) in [5.74, 6) is 2.65. The van der Waals surface area contributed by atoms with E-state index in [9.17, 15) is 0 Å². The summed E-state index contributed by atoms with van der Waals surface area (Å²) in [5, 5.41) is 4.73. The Bertz CT molecular complexity index is 925. The van der Waals surface area contributed by atoms with Crippen molar-refractivity contribution in [2.75, 3.05) is 18.0 Å². The standard InChI is InChI=1S/C20H23N5O/c1-14-13-21-7-4-19(14)26-16-5-9-24(10-6-16)20-18-12-17(15-2-3-15)23-25(18)11-8-22-20/h4,7-8,11-13,15-16H,2-3,5-6,9-10H2,1H3. The molecule has 0 radical (unpaired) electrons. The number of aromatic nitrogens is 4. The lowest BCUT2D eigenvalue weighted by atomic mass is 10.1. The van der Waals surface area contributed by atoms with Gasteiger partial charge in [0.25, 0.3) is 0 Å². The first-order valence-electron chi connectivity index (χ1n) is 9.44. The van der Waals surface area contributed by atoms with Crippen molar-refractivity contribution in [1.29, 1.82) is 0 Å². The van der Waals surface area contributed by atoms with E-state index in [1.54, 1.807) is 6.20 Å². The minimum absolute atomic E-state index is 0.249. The van der Waals surface area contributed by atoms with Crippen LogP contribution in [0.25, 0.3) is 5.52 Å². The van der Waals surface area contributed by atoms with Crippen LogP contribution in [0.2, 0.25) is 0 Å². The molecule has 0 bridgehead atoms. The number of rotatable bonds is 4. The zero-order valence-electron chi connectivity index (χ0n) is 15.0. The Morgan fingerprint density at radius 3 is 2.73 bits per heavy atom. The van der Waals surface area contributed by atoms with E-state index in [2.05, 4.69) is 20.9 Å². The monoisotopic (exact) mass is 349 g/mol. The molecule has 2 aliphatic rings. The molecule has 0 atom stereocenters. The Kier molecular flexibility index (Phi) is 3.76. The van der Waals surface area contributed by atoms with Gasteiger partial charge in [-0.1, -0.05) is 0 Å². The molecule has 6 heteroatoms. The van der Waals surface area contributed by atoms with Gasteiger partial charge in [0.1, 0.15) is 17.4 Å². The predicted octanol–water partition coefficient (Wildman–Crippen LogP) is 3.36. The van der Waals surface area contributed by atoms with Gasteiger partial charge in [0.15, 0.2) is 5.82 Å². The second-order valence-corrected chi connectivity index (χ2v) is 7.37. The van der Waals surface area contributed by atoms with Gasteiger partial charge in [-0.05, 0) is 31.9 Å². The van der Waals surface area contributed by atoms with E-state index in [0.717, 1.165) is 48.6 Å². The summed E-state index contributed by atoms with van der Waals surface area (Å²) in [7, 11) is 0. The summed E-state index contributed by atoms with van der Waals surface area (Å²) < 4.78 is 8.18. The van der Waals surface area contributed by atoms with Crippen molar-refractivity contribution < 1.29 is 4.74 Å². The SMILES string of the molecule is Cc1cnccc1OC1CCN(c2nccn3nc(C4CC4)cc23)CC1. The normalized spacial score (nSPS) is 18.4. The van der Waals surface area contributed by atoms with Crippen LogP contribution in [-0.4, -0.2) is 38.8 Å². The molecule has 0 aromatic carbocycles. The molecular formula is C20H23N5O. The van der Waals surface area contributed by atoms with Crippen LogP contribution in [0.15, 0.2) is 36.9 Å². The van der Waals surface area contributed by atoms with Gasteiger partial charge in [0, 0.05) is 62.2 Å². The molecular weight excluding hydrogens is 326 g/mol. The summed E-state index contributed by atoms with van der Waals surface area (Å²) in [6, 6.07) is 4.18. The van der Waals surface area contributed by atoms with Gasteiger partial charge in [0.05, 0.1) is 5.69 Å². The van der Waals surface area contributed by atoms with Crippen molar-refractivity contribution in [3.8, 4) is 5.75 Å². The smallest absolute Gasteiger partial charge is 0.154 e. The van der Waals surface area contributed by atoms with E-state index in [0.29, 0.717) is 5.92 Å². The Morgan fingerprint density at radius 2 is 1.96 bits per heavy atom. The van der Waals surface area contributed by atoms with Gasteiger partial charge in [-0.2, -0.15) is 5.10 Å². The van der Waals surface area contributed by atoms with Gasteiger partial charge in [-0.15, -0.1) is 0 Å². The van der Waals surface area contributed by atoms with Gasteiger partial charge < -0.3 is 9.64 Å². The summed E-state index contributed by atoms with van der Waals surface area (Å²) in [6.45, 7) is 3.94. The minimum atomic E-state index is 0.249. The summed E-state index contributed by atoms with van der Waals surface area (Å²) >= 11 is 0. The number of aryl methyl sites for hydroxylation is 1. The van der Waals surface area contributed by atoms with E-state index in [1.165, 1.54) is 18.5 Å². The number of anilines is 1. The highest BCUT2D eigenvalue weighted by Gasteiger charge is 2.28. The maximum atomic E-state index is 6.20. The van der Waals surface area contributed by atoms with Crippen LogP contribution in [0.5, 0.6) is 5.75 Å². The summed E-state index contributed by atoms with van der Waals surface area (Å²) in [4.78, 5) is 11.2. The van der Waals surface area contributed by atoms with Crippen LogP contribution in [0.1, 0.15) is 42.9 Å². The average Bonchev–Trinajstić information content (AvgIpc) is 3.43. The molecule has 5 rings (SSSR count).